The summed E-state index contributed by atoms with van der Waals surface area (Å²) in [6, 6.07) is 13.7. The van der Waals surface area contributed by atoms with E-state index >= 15 is 0 Å². The van der Waals surface area contributed by atoms with E-state index in [0.717, 1.165) is 24.2 Å². The maximum absolute atomic E-state index is 14.6. The van der Waals surface area contributed by atoms with Crippen molar-refractivity contribution in [2.24, 2.45) is 5.10 Å². The first kappa shape index (κ1) is 26.8. The first-order valence-electron chi connectivity index (χ1n) is 12.9. The number of aryl methyl sites for hydroxylation is 1. The summed E-state index contributed by atoms with van der Waals surface area (Å²) in [5.41, 5.74) is 2.93. The molecule has 1 unspecified atom stereocenters. The van der Waals surface area contributed by atoms with Crippen LogP contribution in [0.15, 0.2) is 53.6 Å². The Morgan fingerprint density at radius 3 is 2.51 bits per heavy atom. The van der Waals surface area contributed by atoms with E-state index in [-0.39, 0.29) is 36.4 Å². The Hall–Kier alpha value is -3.30. The average Bonchev–Trinajstić information content (AvgIpc) is 3.32. The van der Waals surface area contributed by atoms with E-state index in [1.807, 2.05) is 45.0 Å². The lowest BCUT2D eigenvalue weighted by molar-refractivity contribution is -0.133. The van der Waals surface area contributed by atoms with E-state index < -0.39 is 0 Å². The number of hydrogen-bond donors (Lipinski definition) is 1. The van der Waals surface area contributed by atoms with Crippen LogP contribution in [-0.4, -0.2) is 84.4 Å². The lowest BCUT2D eigenvalue weighted by Crippen LogP contribution is -2.50. The number of urea groups is 1. The largest absolute Gasteiger partial charge is 0.379 e. The highest BCUT2D eigenvalue weighted by atomic mass is 19.1. The number of ether oxygens (including phenoxy) is 1. The third-order valence-electron chi connectivity index (χ3n) is 6.63. The molecule has 2 aliphatic rings. The Morgan fingerprint density at radius 1 is 1.14 bits per heavy atom. The zero-order chi connectivity index (χ0) is 26.4. The fourth-order valence-corrected chi connectivity index (χ4v) is 4.56. The van der Waals surface area contributed by atoms with Crippen molar-refractivity contribution in [3.8, 4) is 0 Å². The Morgan fingerprint density at radius 2 is 1.84 bits per heavy atom. The number of morpholine rings is 1. The van der Waals surface area contributed by atoms with Gasteiger partial charge in [-0.2, -0.15) is 5.10 Å². The van der Waals surface area contributed by atoms with Gasteiger partial charge in [-0.1, -0.05) is 48.0 Å². The quantitative estimate of drug-likeness (QED) is 0.590. The molecule has 1 N–H and O–H groups in total. The fraction of sp³-hybridized carbons (Fsp3) is 0.464. The Balaban J connectivity index is 1.56. The van der Waals surface area contributed by atoms with Gasteiger partial charge in [0.25, 0.3) is 5.91 Å². The maximum Gasteiger partial charge on any atom is 0.318 e. The van der Waals surface area contributed by atoms with E-state index in [4.69, 9.17) is 4.74 Å². The third-order valence-corrected chi connectivity index (χ3v) is 6.63. The van der Waals surface area contributed by atoms with Gasteiger partial charge >= 0.3 is 6.03 Å². The van der Waals surface area contributed by atoms with Crippen LogP contribution in [0.5, 0.6) is 0 Å². The molecular weight excluding hydrogens is 473 g/mol. The van der Waals surface area contributed by atoms with Gasteiger partial charge in [0.2, 0.25) is 0 Å². The second-order valence-corrected chi connectivity index (χ2v) is 9.88. The van der Waals surface area contributed by atoms with Gasteiger partial charge < -0.3 is 15.0 Å². The number of amides is 3. The normalized spacial score (nSPS) is 18.1. The highest BCUT2D eigenvalue weighted by molar-refractivity contribution is 6.03. The number of carbonyl (C=O) groups excluding carboxylic acids is 2. The lowest BCUT2D eigenvalue weighted by atomic mass is 9.97. The average molecular weight is 510 g/mol. The van der Waals surface area contributed by atoms with Crippen LogP contribution in [-0.2, 0) is 9.53 Å². The first-order chi connectivity index (χ1) is 17.8. The highest BCUT2D eigenvalue weighted by Crippen LogP contribution is 2.33. The van der Waals surface area contributed by atoms with Crippen molar-refractivity contribution >= 4 is 17.6 Å². The Bertz CT molecular complexity index is 1120. The van der Waals surface area contributed by atoms with Crippen LogP contribution in [0.25, 0.3) is 0 Å². The van der Waals surface area contributed by atoms with Gasteiger partial charge in [0, 0.05) is 44.2 Å². The van der Waals surface area contributed by atoms with Gasteiger partial charge in [-0.05, 0) is 32.4 Å². The molecule has 9 heteroatoms. The highest BCUT2D eigenvalue weighted by Gasteiger charge is 2.35. The van der Waals surface area contributed by atoms with Gasteiger partial charge in [0.15, 0.2) is 0 Å². The molecule has 1 saturated heterocycles. The van der Waals surface area contributed by atoms with E-state index in [1.165, 1.54) is 11.1 Å². The van der Waals surface area contributed by atoms with Crippen LogP contribution in [0.4, 0.5) is 9.18 Å². The lowest BCUT2D eigenvalue weighted by Gasteiger charge is -2.31. The number of hydrazone groups is 1. The van der Waals surface area contributed by atoms with Crippen LogP contribution in [0, 0.1) is 12.7 Å². The van der Waals surface area contributed by atoms with Gasteiger partial charge in [-0.15, -0.1) is 0 Å². The summed E-state index contributed by atoms with van der Waals surface area (Å²) < 4.78 is 20.0. The molecule has 3 amide bonds. The predicted octanol–water partition coefficient (Wildman–Crippen LogP) is 3.56. The van der Waals surface area contributed by atoms with Crippen LogP contribution in [0.1, 0.15) is 43.0 Å². The Labute approximate surface area is 218 Å². The van der Waals surface area contributed by atoms with Crippen molar-refractivity contribution in [1.82, 2.24) is 20.1 Å². The van der Waals surface area contributed by atoms with Gasteiger partial charge in [0.1, 0.15) is 12.4 Å². The zero-order valence-electron chi connectivity index (χ0n) is 21.8. The molecule has 2 aromatic rings. The van der Waals surface area contributed by atoms with Gasteiger partial charge in [-0.25, -0.2) is 14.2 Å². The number of nitrogens with one attached hydrogen (secondary N) is 1. The van der Waals surface area contributed by atoms with Crippen molar-refractivity contribution in [2.75, 3.05) is 45.9 Å². The molecule has 2 aliphatic heterocycles. The van der Waals surface area contributed by atoms with Crippen molar-refractivity contribution in [3.63, 3.8) is 0 Å². The first-order valence-corrected chi connectivity index (χ1v) is 12.9. The smallest absolute Gasteiger partial charge is 0.318 e. The summed E-state index contributed by atoms with van der Waals surface area (Å²) in [6.07, 6.45) is 0.391. The van der Waals surface area contributed by atoms with E-state index in [2.05, 4.69) is 15.3 Å². The summed E-state index contributed by atoms with van der Waals surface area (Å²) in [5.74, 6) is -0.681. The number of hydrogen-bond acceptors (Lipinski definition) is 5. The minimum absolute atomic E-state index is 0.0636. The molecule has 0 saturated carbocycles. The molecular formula is C28H36FN5O3. The fourth-order valence-electron chi connectivity index (χ4n) is 4.56. The van der Waals surface area contributed by atoms with E-state index in [0.29, 0.717) is 44.0 Å². The van der Waals surface area contributed by atoms with Crippen molar-refractivity contribution in [3.05, 3.63) is 71.0 Å². The molecule has 0 radical (unpaired) electrons. The molecule has 1 atom stereocenters. The van der Waals surface area contributed by atoms with E-state index in [1.54, 1.807) is 23.1 Å². The molecule has 0 aromatic heterocycles. The number of benzene rings is 2. The molecule has 2 heterocycles. The standard InChI is InChI=1S/C28H36FN5O3/c1-20(2)30-28(36)33(13-12-32-14-16-37-17-15-32)19-27(35)34-26(22-10-8-21(3)9-11-22)18-25(31-34)23-6-4-5-7-24(23)29/h4-11,20,26H,12-19H2,1-3H3,(H,30,36). The molecule has 0 bridgehead atoms. The topological polar surface area (TPSA) is 77.5 Å². The molecule has 0 spiro atoms. The molecule has 198 valence electrons. The minimum atomic E-state index is -0.378. The molecule has 4 rings (SSSR count). The van der Waals surface area contributed by atoms with Crippen LogP contribution in [0.3, 0.4) is 0 Å². The van der Waals surface area contributed by atoms with Crippen molar-refractivity contribution in [2.45, 2.75) is 39.3 Å². The van der Waals surface area contributed by atoms with Crippen LogP contribution >= 0.6 is 0 Å². The molecule has 0 aliphatic carbocycles. The summed E-state index contributed by atoms with van der Waals surface area (Å²) in [7, 11) is 0. The van der Waals surface area contributed by atoms with Crippen LogP contribution in [0.2, 0.25) is 0 Å². The number of rotatable bonds is 8. The summed E-state index contributed by atoms with van der Waals surface area (Å²) in [4.78, 5) is 30.5. The van der Waals surface area contributed by atoms with Crippen molar-refractivity contribution in [1.29, 1.82) is 0 Å². The van der Waals surface area contributed by atoms with Gasteiger partial charge in [0.05, 0.1) is 25.0 Å². The summed E-state index contributed by atoms with van der Waals surface area (Å²) >= 11 is 0. The minimum Gasteiger partial charge on any atom is -0.379 e. The number of carbonyl (C=O) groups is 2. The van der Waals surface area contributed by atoms with E-state index in [9.17, 15) is 14.0 Å². The van der Waals surface area contributed by atoms with Gasteiger partial charge in [-0.3, -0.25) is 9.69 Å². The molecule has 37 heavy (non-hydrogen) atoms. The molecule has 1 fully saturated rings. The zero-order valence-corrected chi connectivity index (χ0v) is 21.8. The predicted molar refractivity (Wildman–Crippen MR) is 141 cm³/mol. The van der Waals surface area contributed by atoms with Crippen molar-refractivity contribution < 1.29 is 18.7 Å². The number of nitrogens with zero attached hydrogens (tertiary/aromatic N) is 4. The molecule has 2 aromatic carbocycles. The maximum atomic E-state index is 14.6. The molecule has 8 nitrogen and oxygen atoms in total. The summed E-state index contributed by atoms with van der Waals surface area (Å²) in [5, 5.41) is 8.93. The number of halogens is 1. The second-order valence-electron chi connectivity index (χ2n) is 9.88. The van der Waals surface area contributed by atoms with Crippen LogP contribution < -0.4 is 5.32 Å². The summed E-state index contributed by atoms with van der Waals surface area (Å²) in [6.45, 7) is 9.62. The Kier molecular flexibility index (Phi) is 8.89. The monoisotopic (exact) mass is 509 g/mol. The second kappa shape index (κ2) is 12.3. The third kappa shape index (κ3) is 6.93. The SMILES string of the molecule is Cc1ccc(C2CC(c3ccccc3F)=NN2C(=O)CN(CCN2CCOCC2)C(=O)NC(C)C)cc1.